The van der Waals surface area contributed by atoms with E-state index in [4.69, 9.17) is 4.74 Å². The molecule has 0 bridgehead atoms. The molecule has 0 fully saturated rings. The number of ether oxygens (including phenoxy) is 2. The molecule has 0 saturated heterocycles. The van der Waals surface area contributed by atoms with Crippen molar-refractivity contribution >= 4 is 50.3 Å². The number of rotatable bonds is 6. The lowest BCUT2D eigenvalue weighted by molar-refractivity contribution is -0.385. The molecular formula is C11H7F2INO9S-. The van der Waals surface area contributed by atoms with Gasteiger partial charge in [0.1, 0.15) is 9.67 Å². The summed E-state index contributed by atoms with van der Waals surface area (Å²) < 4.78 is 65.3. The molecule has 14 heteroatoms. The smallest absolute Gasteiger partial charge is 0.429 e. The molecule has 0 heterocycles. The lowest BCUT2D eigenvalue weighted by Gasteiger charge is -2.17. The number of nitro benzene ring substituents is 1. The van der Waals surface area contributed by atoms with Crippen LogP contribution in [0.15, 0.2) is 18.2 Å². The summed E-state index contributed by atoms with van der Waals surface area (Å²) in [6.45, 7) is 1.47. The van der Waals surface area contributed by atoms with Crippen LogP contribution in [0, 0.1) is 10.1 Å². The Bertz CT molecular complexity index is 825. The molecule has 10 nitrogen and oxygen atoms in total. The minimum Gasteiger partial charge on any atom is -0.743 e. The standard InChI is InChI=1S/C11H8F2INO9S/c1-5(14)9(16)23-6-2-3-8(7(4-6)15(18)19)24-10(17)11(12,13)25(20,21)22/h2-5H,1H3,(H,20,21,22)/p-1. The van der Waals surface area contributed by atoms with E-state index in [-0.39, 0.29) is 5.75 Å². The van der Waals surface area contributed by atoms with Crippen molar-refractivity contribution < 1.29 is 45.7 Å². The molecule has 25 heavy (non-hydrogen) atoms. The van der Waals surface area contributed by atoms with E-state index >= 15 is 0 Å². The van der Waals surface area contributed by atoms with Crippen molar-refractivity contribution in [3.05, 3.63) is 28.3 Å². The van der Waals surface area contributed by atoms with E-state index in [0.717, 1.165) is 6.07 Å². The molecule has 0 N–H and O–H groups in total. The van der Waals surface area contributed by atoms with Crippen molar-refractivity contribution in [2.24, 2.45) is 0 Å². The topological polar surface area (TPSA) is 153 Å². The fourth-order valence-electron chi connectivity index (χ4n) is 1.25. The maximum atomic E-state index is 13.1. The van der Waals surface area contributed by atoms with Gasteiger partial charge in [-0.1, -0.05) is 22.6 Å². The first-order valence-corrected chi connectivity index (χ1v) is 8.62. The SMILES string of the molecule is CC(I)C(=O)Oc1ccc(OC(=O)C(F)(F)S(=O)(=O)[O-])c([N+](=O)[O-])c1. The number of alkyl halides is 3. The van der Waals surface area contributed by atoms with Crippen molar-refractivity contribution in [1.82, 2.24) is 0 Å². The van der Waals surface area contributed by atoms with Crippen LogP contribution in [-0.4, -0.2) is 39.0 Å². The Labute approximate surface area is 152 Å². The molecule has 0 amide bonds. The third kappa shape index (κ3) is 5.02. The lowest BCUT2D eigenvalue weighted by Crippen LogP contribution is -2.40. The fraction of sp³-hybridized carbons (Fsp3) is 0.273. The van der Waals surface area contributed by atoms with E-state index in [0.29, 0.717) is 12.1 Å². The van der Waals surface area contributed by atoms with Crippen LogP contribution in [0.5, 0.6) is 11.5 Å². The van der Waals surface area contributed by atoms with Crippen LogP contribution in [0.1, 0.15) is 6.92 Å². The van der Waals surface area contributed by atoms with Gasteiger partial charge in [0.05, 0.1) is 11.0 Å². The second-order valence-corrected chi connectivity index (χ2v) is 7.57. The molecule has 1 rings (SSSR count). The van der Waals surface area contributed by atoms with Crippen LogP contribution < -0.4 is 9.47 Å². The predicted octanol–water partition coefficient (Wildman–Crippen LogP) is 1.37. The molecule has 138 valence electrons. The minimum absolute atomic E-state index is 0.344. The fourth-order valence-corrected chi connectivity index (χ4v) is 1.62. The van der Waals surface area contributed by atoms with E-state index in [1.807, 2.05) is 0 Å². The van der Waals surface area contributed by atoms with Crippen molar-refractivity contribution in [1.29, 1.82) is 0 Å². The van der Waals surface area contributed by atoms with Crippen LogP contribution in [-0.2, 0) is 19.7 Å². The summed E-state index contributed by atoms with van der Waals surface area (Å²) in [6, 6.07) is 2.11. The second-order valence-electron chi connectivity index (χ2n) is 4.28. The second kappa shape index (κ2) is 7.52. The van der Waals surface area contributed by atoms with Gasteiger partial charge in [0.2, 0.25) is 5.75 Å². The van der Waals surface area contributed by atoms with E-state index in [2.05, 4.69) is 4.74 Å². The van der Waals surface area contributed by atoms with Crippen molar-refractivity contribution in [3.8, 4) is 11.5 Å². The van der Waals surface area contributed by atoms with E-state index in [1.165, 1.54) is 6.92 Å². The number of halogens is 3. The number of benzene rings is 1. The highest BCUT2D eigenvalue weighted by Gasteiger charge is 2.49. The number of carbonyl (C=O) groups is 2. The van der Waals surface area contributed by atoms with Crippen LogP contribution >= 0.6 is 22.6 Å². The number of hydrogen-bond donors (Lipinski definition) is 0. The van der Waals surface area contributed by atoms with Gasteiger partial charge in [-0.15, -0.1) is 0 Å². The lowest BCUT2D eigenvalue weighted by atomic mass is 10.3. The van der Waals surface area contributed by atoms with Gasteiger partial charge in [0.15, 0.2) is 10.1 Å². The number of carbonyl (C=O) groups excluding carboxylic acids is 2. The Morgan fingerprint density at radius 3 is 2.32 bits per heavy atom. The Kier molecular flexibility index (Phi) is 6.35. The summed E-state index contributed by atoms with van der Waals surface area (Å²) in [5.74, 6) is -4.98. The normalized spacial score (nSPS) is 13.0. The van der Waals surface area contributed by atoms with E-state index < -0.39 is 47.6 Å². The van der Waals surface area contributed by atoms with Gasteiger partial charge < -0.3 is 14.0 Å². The van der Waals surface area contributed by atoms with Gasteiger partial charge in [-0.25, -0.2) is 13.2 Å². The first-order chi connectivity index (χ1) is 11.3. The third-order valence-corrected chi connectivity index (χ3v) is 3.73. The van der Waals surface area contributed by atoms with E-state index in [1.54, 1.807) is 22.6 Å². The number of hydrogen-bond acceptors (Lipinski definition) is 9. The molecule has 0 aliphatic heterocycles. The quantitative estimate of drug-likeness (QED) is 0.109. The van der Waals surface area contributed by atoms with Crippen LogP contribution in [0.25, 0.3) is 0 Å². The maximum absolute atomic E-state index is 13.1. The summed E-state index contributed by atoms with van der Waals surface area (Å²) in [5.41, 5.74) is -1.07. The Balaban J connectivity index is 3.19. The molecule has 1 aromatic rings. The van der Waals surface area contributed by atoms with Gasteiger partial charge in [-0.3, -0.25) is 14.9 Å². The Morgan fingerprint density at radius 2 is 1.88 bits per heavy atom. The van der Waals surface area contributed by atoms with Gasteiger partial charge >= 0.3 is 22.9 Å². The third-order valence-electron chi connectivity index (χ3n) is 2.42. The molecule has 1 aromatic carbocycles. The molecule has 0 saturated carbocycles. The first-order valence-electron chi connectivity index (χ1n) is 5.97. The van der Waals surface area contributed by atoms with Crippen LogP contribution in [0.3, 0.4) is 0 Å². The largest absolute Gasteiger partial charge is 0.743 e. The van der Waals surface area contributed by atoms with Gasteiger partial charge in [-0.05, 0) is 19.1 Å². The number of nitrogens with zero attached hydrogens (tertiary/aromatic N) is 1. The predicted molar refractivity (Wildman–Crippen MR) is 82.5 cm³/mol. The molecule has 0 aliphatic rings. The maximum Gasteiger partial charge on any atom is 0.429 e. The summed E-state index contributed by atoms with van der Waals surface area (Å²) in [6.07, 6.45) is 0. The van der Waals surface area contributed by atoms with Crippen LogP contribution in [0.2, 0.25) is 0 Å². The highest BCUT2D eigenvalue weighted by molar-refractivity contribution is 14.1. The van der Waals surface area contributed by atoms with Crippen molar-refractivity contribution in [2.75, 3.05) is 0 Å². The highest BCUT2D eigenvalue weighted by atomic mass is 127. The Morgan fingerprint density at radius 1 is 1.32 bits per heavy atom. The van der Waals surface area contributed by atoms with Gasteiger partial charge in [0, 0.05) is 0 Å². The zero-order valence-electron chi connectivity index (χ0n) is 12.0. The zero-order valence-corrected chi connectivity index (χ0v) is 14.9. The van der Waals surface area contributed by atoms with E-state index in [9.17, 15) is 41.5 Å². The van der Waals surface area contributed by atoms with Gasteiger partial charge in [0.25, 0.3) is 0 Å². The molecule has 0 radical (unpaired) electrons. The minimum atomic E-state index is -6.39. The van der Waals surface area contributed by atoms with Gasteiger partial charge in [-0.2, -0.15) is 8.78 Å². The molecule has 0 aliphatic carbocycles. The van der Waals surface area contributed by atoms with Crippen LogP contribution in [0.4, 0.5) is 14.5 Å². The molecule has 0 aromatic heterocycles. The average molecular weight is 494 g/mol. The molecule has 1 unspecified atom stereocenters. The van der Waals surface area contributed by atoms with Crippen molar-refractivity contribution in [2.45, 2.75) is 16.1 Å². The summed E-state index contributed by atoms with van der Waals surface area (Å²) in [5, 5.41) is 5.48. The Hall–Kier alpha value is -1.94. The monoisotopic (exact) mass is 494 g/mol. The number of nitro groups is 1. The van der Waals surface area contributed by atoms with Crippen molar-refractivity contribution in [3.63, 3.8) is 0 Å². The molecular weight excluding hydrogens is 487 g/mol. The zero-order chi connectivity index (χ0) is 19.6. The summed E-state index contributed by atoms with van der Waals surface area (Å²) >= 11 is 1.71. The molecule has 1 atom stereocenters. The number of esters is 2. The summed E-state index contributed by atoms with van der Waals surface area (Å²) in [7, 11) is -6.39. The summed E-state index contributed by atoms with van der Waals surface area (Å²) in [4.78, 5) is 32.3. The highest BCUT2D eigenvalue weighted by Crippen LogP contribution is 2.33. The first kappa shape index (κ1) is 21.1. The molecule has 0 spiro atoms. The average Bonchev–Trinajstić information content (AvgIpc) is 2.46.